The Labute approximate surface area is 65.9 Å². The second-order valence-corrected chi connectivity index (χ2v) is 1.62. The molecule has 2 nitrogen and oxygen atoms in total. The van der Waals surface area contributed by atoms with Crippen molar-refractivity contribution >= 4 is 6.29 Å². The molecular formula is C9H9O2-. The summed E-state index contributed by atoms with van der Waals surface area (Å²) in [5.74, 6) is 0. The Morgan fingerprint density at radius 3 is 1.64 bits per heavy atom. The summed E-state index contributed by atoms with van der Waals surface area (Å²) >= 11 is 0. The van der Waals surface area contributed by atoms with Gasteiger partial charge in [-0.2, -0.15) is 0 Å². The highest BCUT2D eigenvalue weighted by Crippen LogP contribution is 1.79. The van der Waals surface area contributed by atoms with E-state index in [9.17, 15) is 9.90 Å². The molecule has 0 atom stereocenters. The van der Waals surface area contributed by atoms with Crippen LogP contribution in [0.15, 0.2) is 48.8 Å². The fourth-order valence-electron chi connectivity index (χ4n) is 0.411. The van der Waals surface area contributed by atoms with Crippen LogP contribution in [0.2, 0.25) is 0 Å². The predicted octanol–water partition coefficient (Wildman–Crippen LogP) is 0.728. The molecule has 0 bridgehead atoms. The SMILES string of the molecule is O=C/C=C\C=CC=C/C=C\[O-]. The quantitative estimate of drug-likeness (QED) is 0.256. The third-order valence-corrected chi connectivity index (χ3v) is 0.824. The molecule has 0 N–H and O–H groups in total. The van der Waals surface area contributed by atoms with Gasteiger partial charge in [-0.15, -0.1) is 6.26 Å². The van der Waals surface area contributed by atoms with Gasteiger partial charge >= 0.3 is 0 Å². The number of aldehydes is 1. The average Bonchev–Trinajstić information content (AvgIpc) is 2.03. The standard InChI is InChI=1S/C9H10O2/c10-8-6-4-2-1-3-5-7-9-11/h1-10H/p-1/b3-1?,4-2?,7-5-,8-6-. The van der Waals surface area contributed by atoms with Gasteiger partial charge in [-0.1, -0.05) is 36.5 Å². The van der Waals surface area contributed by atoms with E-state index in [-0.39, 0.29) is 0 Å². The van der Waals surface area contributed by atoms with Crippen LogP contribution in [-0.4, -0.2) is 6.29 Å². The lowest BCUT2D eigenvalue weighted by Gasteiger charge is -1.80. The third-order valence-electron chi connectivity index (χ3n) is 0.824. The van der Waals surface area contributed by atoms with Crippen molar-refractivity contribution in [3.8, 4) is 0 Å². The van der Waals surface area contributed by atoms with Crippen molar-refractivity contribution in [2.45, 2.75) is 0 Å². The Kier molecular flexibility index (Phi) is 7.23. The van der Waals surface area contributed by atoms with Crippen molar-refractivity contribution in [3.63, 3.8) is 0 Å². The molecule has 0 heterocycles. The highest BCUT2D eigenvalue weighted by molar-refractivity contribution is 5.65. The summed E-state index contributed by atoms with van der Waals surface area (Å²) in [6.07, 6.45) is 12.5. The van der Waals surface area contributed by atoms with Crippen LogP contribution in [0.5, 0.6) is 0 Å². The van der Waals surface area contributed by atoms with Gasteiger partial charge in [0.2, 0.25) is 0 Å². The third kappa shape index (κ3) is 8.43. The molecule has 0 spiro atoms. The molecule has 0 aromatic heterocycles. The molecule has 0 aromatic rings. The molecule has 0 unspecified atom stereocenters. The van der Waals surface area contributed by atoms with Crippen molar-refractivity contribution in [2.24, 2.45) is 0 Å². The molecule has 0 amide bonds. The van der Waals surface area contributed by atoms with Gasteiger partial charge in [0.05, 0.1) is 0 Å². The molecule has 58 valence electrons. The Bertz CT molecular complexity index is 198. The Balaban J connectivity index is 3.59. The molecule has 0 aliphatic carbocycles. The van der Waals surface area contributed by atoms with E-state index in [2.05, 4.69) is 0 Å². The Morgan fingerprint density at radius 2 is 1.18 bits per heavy atom. The molecule has 0 radical (unpaired) electrons. The summed E-state index contributed by atoms with van der Waals surface area (Å²) in [6, 6.07) is 0. The minimum Gasteiger partial charge on any atom is -0.878 e. The van der Waals surface area contributed by atoms with Crippen LogP contribution in [0.25, 0.3) is 0 Å². The van der Waals surface area contributed by atoms with E-state index in [0.717, 1.165) is 0 Å². The van der Waals surface area contributed by atoms with E-state index < -0.39 is 0 Å². The molecule has 0 aliphatic heterocycles. The molecule has 0 fully saturated rings. The largest absolute Gasteiger partial charge is 0.878 e. The van der Waals surface area contributed by atoms with Crippen molar-refractivity contribution in [2.75, 3.05) is 0 Å². The first kappa shape index (κ1) is 9.43. The van der Waals surface area contributed by atoms with Gasteiger partial charge in [-0.05, 0) is 6.08 Å². The summed E-state index contributed by atoms with van der Waals surface area (Å²) in [7, 11) is 0. The molecule has 0 saturated heterocycles. The van der Waals surface area contributed by atoms with Gasteiger partial charge in [-0.25, -0.2) is 0 Å². The van der Waals surface area contributed by atoms with E-state index in [4.69, 9.17) is 0 Å². The summed E-state index contributed by atoms with van der Waals surface area (Å²) in [6.45, 7) is 0. The number of carbonyl (C=O) groups is 1. The van der Waals surface area contributed by atoms with Crippen LogP contribution in [0.1, 0.15) is 0 Å². The number of allylic oxidation sites excluding steroid dienone is 7. The zero-order valence-electron chi connectivity index (χ0n) is 6.01. The maximum Gasteiger partial charge on any atom is 0.142 e. The van der Waals surface area contributed by atoms with Gasteiger partial charge in [-0.3, -0.25) is 4.79 Å². The van der Waals surface area contributed by atoms with Gasteiger partial charge < -0.3 is 5.11 Å². The first-order valence-corrected chi connectivity index (χ1v) is 3.14. The number of rotatable bonds is 4. The van der Waals surface area contributed by atoms with E-state index in [1.807, 2.05) is 0 Å². The zero-order chi connectivity index (χ0) is 8.36. The molecule has 0 aromatic carbocycles. The lowest BCUT2D eigenvalue weighted by atomic mass is 10.4. The second-order valence-electron chi connectivity index (χ2n) is 1.62. The molecule has 0 saturated carbocycles. The summed E-state index contributed by atoms with van der Waals surface area (Å²) in [5, 5.41) is 9.75. The van der Waals surface area contributed by atoms with Crippen LogP contribution >= 0.6 is 0 Å². The minimum atomic E-state index is 0.700. The van der Waals surface area contributed by atoms with Gasteiger partial charge in [0.25, 0.3) is 0 Å². The molecule has 11 heavy (non-hydrogen) atoms. The maximum absolute atomic E-state index is 9.75. The van der Waals surface area contributed by atoms with Crippen LogP contribution in [-0.2, 0) is 4.79 Å². The zero-order valence-corrected chi connectivity index (χ0v) is 6.01. The van der Waals surface area contributed by atoms with Crippen molar-refractivity contribution in [3.05, 3.63) is 48.8 Å². The number of carbonyl (C=O) groups excluding carboxylic acids is 1. The van der Waals surface area contributed by atoms with Crippen LogP contribution in [0.3, 0.4) is 0 Å². The van der Waals surface area contributed by atoms with E-state index >= 15 is 0 Å². The van der Waals surface area contributed by atoms with Crippen molar-refractivity contribution < 1.29 is 9.90 Å². The molecule has 0 aliphatic rings. The van der Waals surface area contributed by atoms with Gasteiger partial charge in [0.1, 0.15) is 6.29 Å². The summed E-state index contributed by atoms with van der Waals surface area (Å²) in [4.78, 5) is 9.75. The second kappa shape index (κ2) is 8.43. The fourth-order valence-corrected chi connectivity index (χ4v) is 0.411. The summed E-state index contributed by atoms with van der Waals surface area (Å²) < 4.78 is 0. The normalized spacial score (nSPS) is 12.7. The average molecular weight is 149 g/mol. The lowest BCUT2D eigenvalue weighted by molar-refractivity contribution is -0.274. The smallest absolute Gasteiger partial charge is 0.142 e. The first-order valence-electron chi connectivity index (χ1n) is 3.14. The van der Waals surface area contributed by atoms with Crippen LogP contribution < -0.4 is 5.11 Å². The van der Waals surface area contributed by atoms with Crippen molar-refractivity contribution in [1.82, 2.24) is 0 Å². The van der Waals surface area contributed by atoms with Crippen LogP contribution in [0, 0.1) is 0 Å². The lowest BCUT2D eigenvalue weighted by Crippen LogP contribution is -1.81. The Hall–Kier alpha value is -1.57. The Morgan fingerprint density at radius 1 is 0.727 bits per heavy atom. The van der Waals surface area contributed by atoms with Gasteiger partial charge in [0, 0.05) is 0 Å². The van der Waals surface area contributed by atoms with E-state index in [1.165, 1.54) is 12.2 Å². The maximum atomic E-state index is 9.75. The van der Waals surface area contributed by atoms with E-state index in [1.54, 1.807) is 30.4 Å². The van der Waals surface area contributed by atoms with Crippen LogP contribution in [0.4, 0.5) is 0 Å². The molecule has 2 heteroatoms. The monoisotopic (exact) mass is 149 g/mol. The highest BCUT2D eigenvalue weighted by Gasteiger charge is 1.60. The van der Waals surface area contributed by atoms with Crippen molar-refractivity contribution in [1.29, 1.82) is 0 Å². The fraction of sp³-hybridized carbons (Fsp3) is 0. The van der Waals surface area contributed by atoms with E-state index in [0.29, 0.717) is 12.5 Å². The first-order chi connectivity index (χ1) is 5.41. The number of hydrogen-bond acceptors (Lipinski definition) is 2. The highest BCUT2D eigenvalue weighted by atomic mass is 16.2. The molecule has 0 rings (SSSR count). The molecular weight excluding hydrogens is 140 g/mol. The minimum absolute atomic E-state index is 0.700. The predicted molar refractivity (Wildman–Crippen MR) is 42.6 cm³/mol. The number of hydrogen-bond donors (Lipinski definition) is 0. The van der Waals surface area contributed by atoms with Gasteiger partial charge in [0.15, 0.2) is 0 Å². The topological polar surface area (TPSA) is 40.1 Å². The summed E-state index contributed by atoms with van der Waals surface area (Å²) in [5.41, 5.74) is 0.